The molecule has 1 fully saturated rings. The highest BCUT2D eigenvalue weighted by molar-refractivity contribution is 7.99. The molecule has 1 saturated heterocycles. The number of halogens is 1. The number of hydrogen-bond donors (Lipinski definition) is 1. The Bertz CT molecular complexity index is 1030. The molecule has 1 aromatic heterocycles. The fourth-order valence-electron chi connectivity index (χ4n) is 4.49. The van der Waals surface area contributed by atoms with E-state index in [1.165, 1.54) is 17.8 Å². The van der Waals surface area contributed by atoms with Gasteiger partial charge in [0.15, 0.2) is 0 Å². The van der Waals surface area contributed by atoms with Gasteiger partial charge in [0.05, 0.1) is 24.4 Å². The second-order valence-electron chi connectivity index (χ2n) is 9.15. The number of β-amino-alcohol motifs (C(OH)–C–C–N with tert-alkyl or cyclic N) is 1. The van der Waals surface area contributed by atoms with Crippen LogP contribution in [-0.2, 0) is 24.2 Å². The van der Waals surface area contributed by atoms with Crippen LogP contribution < -0.4 is 4.90 Å². The molecule has 2 aromatic rings. The minimum Gasteiger partial charge on any atom is -0.395 e. The Morgan fingerprint density at radius 2 is 1.97 bits per heavy atom. The second-order valence-corrected chi connectivity index (χ2v) is 10.2. The summed E-state index contributed by atoms with van der Waals surface area (Å²) in [5.41, 5.74) is 3.01. The number of aliphatic hydroxyl groups is 1. The van der Waals surface area contributed by atoms with Gasteiger partial charge in [-0.1, -0.05) is 18.2 Å². The van der Waals surface area contributed by atoms with Crippen molar-refractivity contribution in [2.45, 2.75) is 43.9 Å². The Labute approximate surface area is 199 Å². The summed E-state index contributed by atoms with van der Waals surface area (Å²) in [7, 11) is 0. The molecule has 33 heavy (non-hydrogen) atoms. The van der Waals surface area contributed by atoms with Crippen LogP contribution >= 0.6 is 11.8 Å². The van der Waals surface area contributed by atoms with E-state index in [1.807, 2.05) is 6.07 Å². The molecule has 0 spiro atoms. The number of hydrogen-bond acceptors (Lipinski definition) is 7. The standard InChI is InChI=1S/C25H31FN4O2S/c1-25(2)15-19-20(16-27)24(33-14-7-18-5-3-4-6-22(18)26)28-23(21(19)17-32-25)30-10-8-29(9-11-30)12-13-31/h3-6,31H,7-15,17H2,1-2H3. The molecule has 0 bridgehead atoms. The van der Waals surface area contributed by atoms with Crippen LogP contribution in [0.5, 0.6) is 0 Å². The lowest BCUT2D eigenvalue weighted by atomic mass is 9.89. The minimum absolute atomic E-state index is 0.163. The van der Waals surface area contributed by atoms with Crippen LogP contribution in [0, 0.1) is 17.1 Å². The van der Waals surface area contributed by atoms with Gasteiger partial charge >= 0.3 is 0 Å². The molecule has 0 amide bonds. The van der Waals surface area contributed by atoms with E-state index in [4.69, 9.17) is 9.72 Å². The molecular weight excluding hydrogens is 439 g/mol. The molecule has 176 valence electrons. The van der Waals surface area contributed by atoms with E-state index in [-0.39, 0.29) is 18.0 Å². The molecule has 8 heteroatoms. The van der Waals surface area contributed by atoms with E-state index in [1.54, 1.807) is 12.1 Å². The van der Waals surface area contributed by atoms with Crippen LogP contribution in [0.3, 0.4) is 0 Å². The zero-order valence-electron chi connectivity index (χ0n) is 19.3. The summed E-state index contributed by atoms with van der Waals surface area (Å²) < 4.78 is 20.2. The maximum absolute atomic E-state index is 14.0. The van der Waals surface area contributed by atoms with Crippen molar-refractivity contribution < 1.29 is 14.2 Å². The summed E-state index contributed by atoms with van der Waals surface area (Å²) >= 11 is 1.52. The monoisotopic (exact) mass is 470 g/mol. The lowest BCUT2D eigenvalue weighted by Gasteiger charge is -2.39. The zero-order valence-corrected chi connectivity index (χ0v) is 20.1. The smallest absolute Gasteiger partial charge is 0.135 e. The first-order chi connectivity index (χ1) is 15.9. The van der Waals surface area contributed by atoms with Crippen LogP contribution in [-0.4, -0.2) is 65.7 Å². The zero-order chi connectivity index (χ0) is 23.4. The first-order valence-electron chi connectivity index (χ1n) is 11.5. The summed E-state index contributed by atoms with van der Waals surface area (Å²) in [6.45, 7) is 8.74. The molecule has 1 N–H and O–H groups in total. The van der Waals surface area contributed by atoms with E-state index in [2.05, 4.69) is 29.7 Å². The van der Waals surface area contributed by atoms with Crippen LogP contribution in [0.4, 0.5) is 10.2 Å². The number of fused-ring (bicyclic) bond motifs is 1. The predicted octanol–water partition coefficient (Wildman–Crippen LogP) is 3.39. The number of benzene rings is 1. The maximum atomic E-state index is 14.0. The van der Waals surface area contributed by atoms with Crippen molar-refractivity contribution >= 4 is 17.6 Å². The molecule has 0 saturated carbocycles. The Kier molecular flexibility index (Phi) is 7.55. The third-order valence-corrected chi connectivity index (χ3v) is 7.31. The number of aromatic nitrogens is 1. The number of aryl methyl sites for hydroxylation is 1. The second kappa shape index (κ2) is 10.4. The fraction of sp³-hybridized carbons (Fsp3) is 0.520. The third-order valence-electron chi connectivity index (χ3n) is 6.33. The molecule has 0 atom stereocenters. The third kappa shape index (κ3) is 5.49. The summed E-state index contributed by atoms with van der Waals surface area (Å²) in [6, 6.07) is 9.23. The summed E-state index contributed by atoms with van der Waals surface area (Å²) in [4.78, 5) is 9.50. The van der Waals surface area contributed by atoms with E-state index < -0.39 is 0 Å². The van der Waals surface area contributed by atoms with Crippen molar-refractivity contribution in [1.82, 2.24) is 9.88 Å². The summed E-state index contributed by atoms with van der Waals surface area (Å²) in [5.74, 6) is 1.35. The average molecular weight is 471 g/mol. The molecule has 0 radical (unpaired) electrons. The number of rotatable bonds is 7. The number of piperazine rings is 1. The molecular formula is C25H31FN4O2S. The normalized spacial score (nSPS) is 18.1. The highest BCUT2D eigenvalue weighted by Gasteiger charge is 2.33. The number of nitriles is 1. The minimum atomic E-state index is -0.341. The topological polar surface area (TPSA) is 72.6 Å². The van der Waals surface area contributed by atoms with Crippen molar-refractivity contribution in [1.29, 1.82) is 5.26 Å². The quantitative estimate of drug-likeness (QED) is 0.622. The van der Waals surface area contributed by atoms with Gasteiger partial charge in [0.2, 0.25) is 0 Å². The highest BCUT2D eigenvalue weighted by Crippen LogP contribution is 2.39. The van der Waals surface area contributed by atoms with Crippen LogP contribution in [0.1, 0.15) is 36.1 Å². The molecule has 0 unspecified atom stereocenters. The maximum Gasteiger partial charge on any atom is 0.135 e. The van der Waals surface area contributed by atoms with Gasteiger partial charge in [-0.2, -0.15) is 5.26 Å². The highest BCUT2D eigenvalue weighted by atomic mass is 32.2. The van der Waals surface area contributed by atoms with E-state index >= 15 is 0 Å². The van der Waals surface area contributed by atoms with Gasteiger partial charge in [-0.3, -0.25) is 4.90 Å². The van der Waals surface area contributed by atoms with Crippen molar-refractivity contribution in [2.24, 2.45) is 0 Å². The van der Waals surface area contributed by atoms with Crippen molar-refractivity contribution in [3.8, 4) is 6.07 Å². The van der Waals surface area contributed by atoms with Gasteiger partial charge in [-0.25, -0.2) is 9.37 Å². The van der Waals surface area contributed by atoms with Crippen molar-refractivity contribution in [2.75, 3.05) is 50.0 Å². The Morgan fingerprint density at radius 1 is 1.21 bits per heavy atom. The number of ether oxygens (including phenoxy) is 1. The van der Waals surface area contributed by atoms with Gasteiger partial charge in [-0.15, -0.1) is 11.8 Å². The molecule has 6 nitrogen and oxygen atoms in total. The Morgan fingerprint density at radius 3 is 2.67 bits per heavy atom. The molecule has 2 aliphatic heterocycles. The molecule has 4 rings (SSSR count). The van der Waals surface area contributed by atoms with Gasteiger partial charge < -0.3 is 14.7 Å². The summed E-state index contributed by atoms with van der Waals surface area (Å²) in [5, 5.41) is 20.0. The van der Waals surface area contributed by atoms with E-state index in [0.717, 1.165) is 48.1 Å². The first-order valence-corrected chi connectivity index (χ1v) is 12.4. The van der Waals surface area contributed by atoms with Crippen LogP contribution in [0.25, 0.3) is 0 Å². The summed E-state index contributed by atoms with van der Waals surface area (Å²) in [6.07, 6.45) is 1.23. The number of anilines is 1. The number of nitrogens with zero attached hydrogens (tertiary/aromatic N) is 4. The van der Waals surface area contributed by atoms with Gasteiger partial charge in [0.1, 0.15) is 22.7 Å². The van der Waals surface area contributed by atoms with Crippen molar-refractivity contribution in [3.05, 3.63) is 52.3 Å². The van der Waals surface area contributed by atoms with E-state index in [9.17, 15) is 14.8 Å². The van der Waals surface area contributed by atoms with Gasteiger partial charge in [0, 0.05) is 50.5 Å². The number of thioether (sulfide) groups is 1. The number of pyridine rings is 1. The fourth-order valence-corrected chi connectivity index (χ4v) is 5.47. The Hall–Kier alpha value is -2.18. The average Bonchev–Trinajstić information content (AvgIpc) is 2.80. The molecule has 1 aromatic carbocycles. The van der Waals surface area contributed by atoms with Gasteiger partial charge in [-0.05, 0) is 37.5 Å². The predicted molar refractivity (Wildman–Crippen MR) is 128 cm³/mol. The number of aliphatic hydroxyl groups excluding tert-OH is 1. The van der Waals surface area contributed by atoms with Crippen molar-refractivity contribution in [3.63, 3.8) is 0 Å². The van der Waals surface area contributed by atoms with Crippen LogP contribution in [0.2, 0.25) is 0 Å². The van der Waals surface area contributed by atoms with Crippen LogP contribution in [0.15, 0.2) is 29.3 Å². The SMILES string of the molecule is CC1(C)Cc2c(C#N)c(SCCc3ccccc3F)nc(N3CCN(CCO)CC3)c2CO1. The molecule has 2 aliphatic rings. The Balaban J connectivity index is 1.62. The van der Waals surface area contributed by atoms with E-state index in [0.29, 0.717) is 42.9 Å². The largest absolute Gasteiger partial charge is 0.395 e. The molecule has 3 heterocycles. The lowest BCUT2D eigenvalue weighted by molar-refractivity contribution is -0.0402. The lowest BCUT2D eigenvalue weighted by Crippen LogP contribution is -2.48. The van der Waals surface area contributed by atoms with Gasteiger partial charge in [0.25, 0.3) is 0 Å². The molecule has 0 aliphatic carbocycles. The first kappa shape index (κ1) is 24.0.